The molecule has 21 heavy (non-hydrogen) atoms. The normalized spacial score (nSPS) is 12.0. The zero-order valence-corrected chi connectivity index (χ0v) is 13.5. The van der Waals surface area contributed by atoms with E-state index in [9.17, 15) is 4.79 Å². The molecular weight excluding hydrogens is 331 g/mol. The molecule has 2 nitrogen and oxygen atoms in total. The Balaban J connectivity index is 2.43. The molecule has 2 rings (SSSR count). The van der Waals surface area contributed by atoms with Crippen LogP contribution in [0.25, 0.3) is 0 Å². The largest absolute Gasteiger partial charge is 0.469 e. The maximum Gasteiger partial charge on any atom is 0.313 e. The highest BCUT2D eigenvalue weighted by molar-refractivity contribution is 6.36. The van der Waals surface area contributed by atoms with Gasteiger partial charge in [0.25, 0.3) is 0 Å². The lowest BCUT2D eigenvalue weighted by Gasteiger charge is -2.18. The summed E-state index contributed by atoms with van der Waals surface area (Å²) in [4.78, 5) is 12.1. The quantitative estimate of drug-likeness (QED) is 0.718. The van der Waals surface area contributed by atoms with Gasteiger partial charge in [0.1, 0.15) is 0 Å². The number of benzene rings is 2. The molecule has 0 fully saturated rings. The summed E-state index contributed by atoms with van der Waals surface area (Å²) in [5, 5.41) is 1.54. The van der Waals surface area contributed by atoms with Crippen molar-refractivity contribution in [1.29, 1.82) is 0 Å². The monoisotopic (exact) mass is 342 g/mol. The lowest BCUT2D eigenvalue weighted by atomic mass is 9.92. The van der Waals surface area contributed by atoms with E-state index >= 15 is 0 Å². The van der Waals surface area contributed by atoms with Gasteiger partial charge in [0, 0.05) is 15.1 Å². The Hall–Kier alpha value is -1.22. The first-order valence-corrected chi connectivity index (χ1v) is 7.43. The van der Waals surface area contributed by atoms with Gasteiger partial charge in [-0.15, -0.1) is 0 Å². The first-order chi connectivity index (χ1) is 10.0. The van der Waals surface area contributed by atoms with Crippen LogP contribution >= 0.6 is 34.8 Å². The van der Waals surface area contributed by atoms with Crippen LogP contribution in [-0.4, -0.2) is 13.1 Å². The zero-order chi connectivity index (χ0) is 15.4. The molecule has 0 radical (unpaired) electrons. The van der Waals surface area contributed by atoms with E-state index in [-0.39, 0.29) is 5.97 Å². The van der Waals surface area contributed by atoms with Gasteiger partial charge in [-0.25, -0.2) is 0 Å². The van der Waals surface area contributed by atoms with Crippen LogP contribution in [0.2, 0.25) is 15.1 Å². The van der Waals surface area contributed by atoms with Gasteiger partial charge in [-0.05, 0) is 35.7 Å². The third-order valence-corrected chi connectivity index (χ3v) is 4.29. The topological polar surface area (TPSA) is 26.3 Å². The molecule has 0 aliphatic carbocycles. The molecule has 0 saturated carbocycles. The number of carbonyl (C=O) groups excluding carboxylic acids is 1. The van der Waals surface area contributed by atoms with E-state index < -0.39 is 5.92 Å². The summed E-state index contributed by atoms with van der Waals surface area (Å²) >= 11 is 18.6. The van der Waals surface area contributed by atoms with Crippen molar-refractivity contribution < 1.29 is 9.53 Å². The number of carbonyl (C=O) groups is 1. The van der Waals surface area contributed by atoms with Gasteiger partial charge < -0.3 is 4.74 Å². The molecule has 0 bridgehead atoms. The second kappa shape index (κ2) is 7.17. The van der Waals surface area contributed by atoms with Crippen LogP contribution in [0.15, 0.2) is 42.5 Å². The van der Waals surface area contributed by atoms with Crippen LogP contribution in [0.5, 0.6) is 0 Å². The van der Waals surface area contributed by atoms with Crippen molar-refractivity contribution in [3.05, 3.63) is 68.7 Å². The maximum atomic E-state index is 12.1. The summed E-state index contributed by atoms with van der Waals surface area (Å²) in [7, 11) is 1.35. The third kappa shape index (κ3) is 3.70. The first-order valence-electron chi connectivity index (χ1n) is 6.29. The molecule has 1 atom stereocenters. The fourth-order valence-corrected chi connectivity index (χ4v) is 2.97. The highest BCUT2D eigenvalue weighted by Crippen LogP contribution is 2.33. The minimum absolute atomic E-state index is 0.328. The fourth-order valence-electron chi connectivity index (χ4n) is 2.15. The Kier molecular flexibility index (Phi) is 5.51. The Labute approximate surface area is 138 Å². The first kappa shape index (κ1) is 16.2. The molecule has 0 spiro atoms. The van der Waals surface area contributed by atoms with Gasteiger partial charge in [0.2, 0.25) is 0 Å². The zero-order valence-electron chi connectivity index (χ0n) is 11.3. The lowest BCUT2D eigenvalue weighted by molar-refractivity contribution is -0.142. The predicted octanol–water partition coefficient (Wildman–Crippen LogP) is 5.15. The number of ether oxygens (including phenoxy) is 1. The SMILES string of the molecule is COC(=O)C(Cc1c(Cl)cccc1Cl)c1ccccc1Cl. The Morgan fingerprint density at radius 1 is 1.00 bits per heavy atom. The smallest absolute Gasteiger partial charge is 0.313 e. The average molecular weight is 344 g/mol. The summed E-state index contributed by atoms with van der Waals surface area (Å²) in [5.41, 5.74) is 1.40. The molecule has 2 aromatic rings. The summed E-state index contributed by atoms with van der Waals surface area (Å²) in [6.07, 6.45) is 0.328. The standard InChI is InChI=1S/C16H13Cl3O2/c1-21-16(20)11(10-5-2-3-6-13(10)17)9-12-14(18)7-4-8-15(12)19/h2-8,11H,9H2,1H3. The lowest BCUT2D eigenvalue weighted by Crippen LogP contribution is -2.17. The predicted molar refractivity (Wildman–Crippen MR) is 86.4 cm³/mol. The van der Waals surface area contributed by atoms with Gasteiger partial charge in [-0.2, -0.15) is 0 Å². The number of halogens is 3. The molecule has 0 aliphatic heterocycles. The van der Waals surface area contributed by atoms with Gasteiger partial charge in [-0.3, -0.25) is 4.79 Å². The van der Waals surface area contributed by atoms with Crippen LogP contribution in [0, 0.1) is 0 Å². The van der Waals surface area contributed by atoms with Gasteiger partial charge in [0.15, 0.2) is 0 Å². The average Bonchev–Trinajstić information content (AvgIpc) is 2.47. The van der Waals surface area contributed by atoms with E-state index in [0.717, 1.165) is 0 Å². The van der Waals surface area contributed by atoms with Gasteiger partial charge in [0.05, 0.1) is 13.0 Å². The van der Waals surface area contributed by atoms with Crippen LogP contribution in [-0.2, 0) is 16.0 Å². The van der Waals surface area contributed by atoms with E-state index in [1.54, 1.807) is 30.3 Å². The molecule has 2 aromatic carbocycles. The second-order valence-corrected chi connectivity index (χ2v) is 5.72. The van der Waals surface area contributed by atoms with E-state index in [1.165, 1.54) is 7.11 Å². The van der Waals surface area contributed by atoms with E-state index in [4.69, 9.17) is 39.5 Å². The maximum absolute atomic E-state index is 12.1. The van der Waals surface area contributed by atoms with Crippen LogP contribution < -0.4 is 0 Å². The fraction of sp³-hybridized carbons (Fsp3) is 0.188. The highest BCUT2D eigenvalue weighted by Gasteiger charge is 2.25. The van der Waals surface area contributed by atoms with Crippen molar-refractivity contribution >= 4 is 40.8 Å². The molecule has 1 unspecified atom stereocenters. The summed E-state index contributed by atoms with van der Waals surface area (Å²) in [5.74, 6) is -0.930. The molecular formula is C16H13Cl3O2. The molecule has 0 aromatic heterocycles. The van der Waals surface area contributed by atoms with Crippen LogP contribution in [0.3, 0.4) is 0 Å². The minimum atomic E-state index is -0.555. The Morgan fingerprint density at radius 3 is 2.14 bits per heavy atom. The highest BCUT2D eigenvalue weighted by atomic mass is 35.5. The van der Waals surface area contributed by atoms with E-state index in [1.807, 2.05) is 12.1 Å². The number of hydrogen-bond donors (Lipinski definition) is 0. The molecule has 0 saturated heterocycles. The molecule has 5 heteroatoms. The van der Waals surface area contributed by atoms with Crippen molar-refractivity contribution in [3.63, 3.8) is 0 Å². The molecule has 0 heterocycles. The van der Waals surface area contributed by atoms with E-state index in [0.29, 0.717) is 32.6 Å². The van der Waals surface area contributed by atoms with Gasteiger partial charge >= 0.3 is 5.97 Å². The molecule has 0 aliphatic rings. The number of esters is 1. The van der Waals surface area contributed by atoms with Crippen molar-refractivity contribution in [2.24, 2.45) is 0 Å². The Bertz CT molecular complexity index is 635. The van der Waals surface area contributed by atoms with Crippen LogP contribution in [0.4, 0.5) is 0 Å². The van der Waals surface area contributed by atoms with Crippen molar-refractivity contribution in [1.82, 2.24) is 0 Å². The summed E-state index contributed by atoms with van der Waals surface area (Å²) < 4.78 is 4.89. The molecule has 0 amide bonds. The third-order valence-electron chi connectivity index (χ3n) is 3.24. The number of rotatable bonds is 4. The number of methoxy groups -OCH3 is 1. The second-order valence-electron chi connectivity index (χ2n) is 4.50. The summed E-state index contributed by atoms with van der Waals surface area (Å²) in [6.45, 7) is 0. The molecule has 110 valence electrons. The summed E-state index contributed by atoms with van der Waals surface area (Å²) in [6, 6.07) is 12.4. The Morgan fingerprint density at radius 2 is 1.57 bits per heavy atom. The van der Waals surface area contributed by atoms with E-state index in [2.05, 4.69) is 0 Å². The number of hydrogen-bond acceptors (Lipinski definition) is 2. The van der Waals surface area contributed by atoms with Crippen LogP contribution in [0.1, 0.15) is 17.0 Å². The van der Waals surface area contributed by atoms with Crippen molar-refractivity contribution in [2.75, 3.05) is 7.11 Å². The van der Waals surface area contributed by atoms with Crippen molar-refractivity contribution in [3.8, 4) is 0 Å². The minimum Gasteiger partial charge on any atom is -0.469 e. The van der Waals surface area contributed by atoms with Crippen molar-refractivity contribution in [2.45, 2.75) is 12.3 Å². The van der Waals surface area contributed by atoms with Gasteiger partial charge in [-0.1, -0.05) is 59.1 Å². The molecule has 0 N–H and O–H groups in total.